The van der Waals surface area contributed by atoms with E-state index >= 15 is 0 Å². The monoisotopic (exact) mass is 385 g/mol. The molecule has 1 aliphatic rings. The Bertz CT molecular complexity index is 762. The van der Waals surface area contributed by atoms with Crippen molar-refractivity contribution < 1.29 is 24.5 Å². The van der Waals surface area contributed by atoms with E-state index in [1.807, 2.05) is 36.4 Å². The van der Waals surface area contributed by atoms with Gasteiger partial charge >= 0.3 is 0 Å². The molecule has 28 heavy (non-hydrogen) atoms. The number of aliphatic hydroxyl groups excluding tert-OH is 2. The van der Waals surface area contributed by atoms with Gasteiger partial charge in [0.1, 0.15) is 19.5 Å². The number of oxime groups is 1. The minimum absolute atomic E-state index is 0.0704. The zero-order valence-corrected chi connectivity index (χ0v) is 16.0. The molecule has 1 fully saturated rings. The molecule has 2 aromatic rings. The Kier molecular flexibility index (Phi) is 7.42. The fraction of sp³-hybridized carbons (Fsp3) is 0.409. The molecule has 0 aromatic heterocycles. The second-order valence-corrected chi connectivity index (χ2v) is 6.90. The SMILES string of the molecule is CO/N=C/COc1ccc(Cc2cccc(C3CC(O)CC(CO)O3)c2)cc1. The molecule has 0 saturated carbocycles. The van der Waals surface area contributed by atoms with E-state index in [9.17, 15) is 10.2 Å². The van der Waals surface area contributed by atoms with Crippen LogP contribution >= 0.6 is 0 Å². The summed E-state index contributed by atoms with van der Waals surface area (Å²) in [6, 6.07) is 16.2. The Morgan fingerprint density at radius 2 is 1.96 bits per heavy atom. The van der Waals surface area contributed by atoms with Crippen molar-refractivity contribution in [1.82, 2.24) is 0 Å². The minimum Gasteiger partial charge on any atom is -0.488 e. The zero-order valence-electron chi connectivity index (χ0n) is 16.0. The predicted molar refractivity (Wildman–Crippen MR) is 107 cm³/mol. The molecule has 2 N–H and O–H groups in total. The molecular weight excluding hydrogens is 358 g/mol. The maximum Gasteiger partial charge on any atom is 0.127 e. The van der Waals surface area contributed by atoms with Crippen LogP contribution in [0.5, 0.6) is 5.75 Å². The van der Waals surface area contributed by atoms with Crippen LogP contribution in [0.2, 0.25) is 0 Å². The Morgan fingerprint density at radius 1 is 1.14 bits per heavy atom. The molecule has 3 rings (SSSR count). The molecule has 0 bridgehead atoms. The number of benzene rings is 2. The summed E-state index contributed by atoms with van der Waals surface area (Å²) in [4.78, 5) is 4.59. The van der Waals surface area contributed by atoms with E-state index in [0.717, 1.165) is 17.7 Å². The van der Waals surface area contributed by atoms with Crippen molar-refractivity contribution >= 4 is 6.21 Å². The molecule has 1 saturated heterocycles. The lowest BCUT2D eigenvalue weighted by Crippen LogP contribution is -2.33. The largest absolute Gasteiger partial charge is 0.488 e. The van der Waals surface area contributed by atoms with Gasteiger partial charge in [0.25, 0.3) is 0 Å². The second-order valence-electron chi connectivity index (χ2n) is 6.90. The van der Waals surface area contributed by atoms with Crippen LogP contribution < -0.4 is 4.74 Å². The minimum atomic E-state index is -0.443. The normalized spacial score (nSPS) is 22.3. The summed E-state index contributed by atoms with van der Waals surface area (Å²) in [5.74, 6) is 0.777. The number of nitrogens with zero attached hydrogens (tertiary/aromatic N) is 1. The van der Waals surface area contributed by atoms with E-state index in [-0.39, 0.29) is 18.8 Å². The van der Waals surface area contributed by atoms with E-state index in [2.05, 4.69) is 22.1 Å². The van der Waals surface area contributed by atoms with Gasteiger partial charge in [0.15, 0.2) is 0 Å². The molecule has 1 heterocycles. The third-order valence-corrected chi connectivity index (χ3v) is 4.74. The van der Waals surface area contributed by atoms with Gasteiger partial charge in [-0.2, -0.15) is 0 Å². The molecule has 0 amide bonds. The Morgan fingerprint density at radius 3 is 2.71 bits per heavy atom. The highest BCUT2D eigenvalue weighted by atomic mass is 16.6. The van der Waals surface area contributed by atoms with Gasteiger partial charge in [-0.15, -0.1) is 0 Å². The molecule has 2 aromatic carbocycles. The zero-order chi connectivity index (χ0) is 19.8. The molecule has 3 unspecified atom stereocenters. The maximum atomic E-state index is 10.0. The summed E-state index contributed by atoms with van der Waals surface area (Å²) in [5.41, 5.74) is 3.38. The Balaban J connectivity index is 1.62. The number of aliphatic hydroxyl groups is 2. The summed E-state index contributed by atoms with van der Waals surface area (Å²) in [6.07, 6.45) is 2.45. The third kappa shape index (κ3) is 5.79. The molecular formula is C22H27NO5. The van der Waals surface area contributed by atoms with Crippen LogP contribution in [0.4, 0.5) is 0 Å². The average molecular weight is 385 g/mol. The van der Waals surface area contributed by atoms with Crippen molar-refractivity contribution in [3.8, 4) is 5.75 Å². The van der Waals surface area contributed by atoms with Crippen LogP contribution in [0.1, 0.15) is 35.6 Å². The molecule has 3 atom stereocenters. The summed E-state index contributed by atoms with van der Waals surface area (Å²) >= 11 is 0. The van der Waals surface area contributed by atoms with Crippen molar-refractivity contribution in [3.05, 3.63) is 65.2 Å². The van der Waals surface area contributed by atoms with Gasteiger partial charge in [-0.05, 0) is 35.2 Å². The van der Waals surface area contributed by atoms with Gasteiger partial charge in [-0.3, -0.25) is 0 Å². The molecule has 0 aliphatic carbocycles. The first-order valence-corrected chi connectivity index (χ1v) is 9.48. The summed E-state index contributed by atoms with van der Waals surface area (Å²) in [7, 11) is 1.49. The summed E-state index contributed by atoms with van der Waals surface area (Å²) in [6.45, 7) is 0.288. The second kappa shape index (κ2) is 10.2. The molecule has 150 valence electrons. The number of rotatable bonds is 8. The van der Waals surface area contributed by atoms with Crippen molar-refractivity contribution in [3.63, 3.8) is 0 Å². The fourth-order valence-corrected chi connectivity index (χ4v) is 3.40. The highest BCUT2D eigenvalue weighted by Crippen LogP contribution is 2.32. The predicted octanol–water partition coefficient (Wildman–Crippen LogP) is 2.86. The van der Waals surface area contributed by atoms with Crippen molar-refractivity contribution in [1.29, 1.82) is 0 Å². The van der Waals surface area contributed by atoms with Gasteiger partial charge in [0, 0.05) is 12.8 Å². The van der Waals surface area contributed by atoms with E-state index in [4.69, 9.17) is 9.47 Å². The molecule has 6 heteroatoms. The molecule has 1 aliphatic heterocycles. The average Bonchev–Trinajstić information content (AvgIpc) is 2.72. The molecule has 0 radical (unpaired) electrons. The van der Waals surface area contributed by atoms with Crippen molar-refractivity contribution in [2.45, 2.75) is 37.6 Å². The lowest BCUT2D eigenvalue weighted by molar-refractivity contribution is -0.113. The van der Waals surface area contributed by atoms with Gasteiger partial charge < -0.3 is 24.5 Å². The number of hydrogen-bond donors (Lipinski definition) is 2. The third-order valence-electron chi connectivity index (χ3n) is 4.74. The smallest absolute Gasteiger partial charge is 0.127 e. The summed E-state index contributed by atoms with van der Waals surface area (Å²) in [5, 5.41) is 23.0. The highest BCUT2D eigenvalue weighted by Gasteiger charge is 2.28. The van der Waals surface area contributed by atoms with Crippen LogP contribution in [0.15, 0.2) is 53.7 Å². The van der Waals surface area contributed by atoms with E-state index in [1.54, 1.807) is 6.21 Å². The number of ether oxygens (including phenoxy) is 2. The first kappa shape index (κ1) is 20.3. The van der Waals surface area contributed by atoms with E-state index in [0.29, 0.717) is 19.4 Å². The highest BCUT2D eigenvalue weighted by molar-refractivity contribution is 5.58. The van der Waals surface area contributed by atoms with Crippen LogP contribution in [-0.4, -0.2) is 49.0 Å². The van der Waals surface area contributed by atoms with Gasteiger partial charge in [0.05, 0.1) is 31.1 Å². The summed E-state index contributed by atoms with van der Waals surface area (Å²) < 4.78 is 11.5. The maximum absolute atomic E-state index is 10.0. The Hall–Kier alpha value is -2.41. The van der Waals surface area contributed by atoms with Crippen LogP contribution in [0, 0.1) is 0 Å². The topological polar surface area (TPSA) is 80.5 Å². The van der Waals surface area contributed by atoms with Crippen molar-refractivity contribution in [2.24, 2.45) is 5.16 Å². The van der Waals surface area contributed by atoms with Crippen LogP contribution in [0.25, 0.3) is 0 Å². The van der Waals surface area contributed by atoms with E-state index in [1.165, 1.54) is 18.2 Å². The number of hydrogen-bond acceptors (Lipinski definition) is 6. The lowest BCUT2D eigenvalue weighted by atomic mass is 9.94. The Labute approximate surface area is 165 Å². The standard InChI is InChI=1S/C22H27NO5/c1-26-23-9-10-27-20-7-5-16(6-8-20)11-17-3-2-4-18(12-17)22-14-19(25)13-21(15-24)28-22/h2-9,12,19,21-22,24-25H,10-11,13-15H2,1H3/b23-9+. The fourth-order valence-electron chi connectivity index (χ4n) is 3.40. The molecule has 0 spiro atoms. The van der Waals surface area contributed by atoms with Crippen LogP contribution in [0.3, 0.4) is 0 Å². The van der Waals surface area contributed by atoms with Crippen molar-refractivity contribution in [2.75, 3.05) is 20.3 Å². The van der Waals surface area contributed by atoms with Gasteiger partial charge in [0.2, 0.25) is 0 Å². The van der Waals surface area contributed by atoms with Gasteiger partial charge in [-0.25, -0.2) is 0 Å². The molecule has 6 nitrogen and oxygen atoms in total. The first-order valence-electron chi connectivity index (χ1n) is 9.48. The van der Waals surface area contributed by atoms with Crippen LogP contribution in [-0.2, 0) is 16.0 Å². The van der Waals surface area contributed by atoms with Gasteiger partial charge in [-0.1, -0.05) is 41.6 Å². The lowest BCUT2D eigenvalue weighted by Gasteiger charge is -2.32. The quantitative estimate of drug-likeness (QED) is 0.540. The first-order chi connectivity index (χ1) is 13.7. The van der Waals surface area contributed by atoms with E-state index < -0.39 is 6.10 Å².